The third-order valence-corrected chi connectivity index (χ3v) is 4.25. The predicted molar refractivity (Wildman–Crippen MR) is 79.1 cm³/mol. The van der Waals surface area contributed by atoms with Gasteiger partial charge in [0.25, 0.3) is 0 Å². The maximum absolute atomic E-state index is 6.18. The van der Waals surface area contributed by atoms with Crippen molar-refractivity contribution in [2.75, 3.05) is 12.4 Å². The molecule has 0 saturated heterocycles. The molecule has 18 heavy (non-hydrogen) atoms. The van der Waals surface area contributed by atoms with E-state index in [1.165, 1.54) is 9.75 Å². The van der Waals surface area contributed by atoms with Crippen molar-refractivity contribution >= 4 is 28.6 Å². The van der Waals surface area contributed by atoms with Crippen LogP contribution in [0.3, 0.4) is 0 Å². The molecule has 0 radical (unpaired) electrons. The van der Waals surface area contributed by atoms with Gasteiger partial charge in [-0.1, -0.05) is 11.6 Å². The summed E-state index contributed by atoms with van der Waals surface area (Å²) in [5.41, 5.74) is 0.898. The van der Waals surface area contributed by atoms with E-state index in [9.17, 15) is 0 Å². The van der Waals surface area contributed by atoms with E-state index in [2.05, 4.69) is 31.3 Å². The van der Waals surface area contributed by atoms with Crippen LogP contribution in [0.4, 0.5) is 5.69 Å². The number of hydrogen-bond acceptors (Lipinski definition) is 3. The summed E-state index contributed by atoms with van der Waals surface area (Å²) in [7, 11) is 1.65. The van der Waals surface area contributed by atoms with Gasteiger partial charge in [0.15, 0.2) is 0 Å². The fourth-order valence-electron chi connectivity index (χ4n) is 1.73. The summed E-state index contributed by atoms with van der Waals surface area (Å²) < 4.78 is 5.21. The first kappa shape index (κ1) is 13.2. The number of benzene rings is 1. The average molecular weight is 282 g/mol. The molecule has 0 bridgehead atoms. The van der Waals surface area contributed by atoms with Crippen molar-refractivity contribution in [1.29, 1.82) is 0 Å². The summed E-state index contributed by atoms with van der Waals surface area (Å²) >= 11 is 7.97. The van der Waals surface area contributed by atoms with Crippen LogP contribution in [0.25, 0.3) is 0 Å². The lowest BCUT2D eigenvalue weighted by molar-refractivity contribution is 0.415. The molecule has 1 atom stereocenters. The third kappa shape index (κ3) is 2.98. The fourth-order valence-corrected chi connectivity index (χ4v) is 2.78. The Morgan fingerprint density at radius 3 is 2.67 bits per heavy atom. The molecule has 0 fully saturated rings. The first-order valence-corrected chi connectivity index (χ1v) is 6.96. The number of aryl methyl sites for hydroxylation is 1. The number of nitrogens with one attached hydrogen (secondary N) is 1. The second kappa shape index (κ2) is 5.63. The van der Waals surface area contributed by atoms with E-state index in [0.717, 1.165) is 11.4 Å². The maximum Gasteiger partial charge on any atom is 0.121 e. The highest BCUT2D eigenvalue weighted by Crippen LogP contribution is 2.31. The Kier molecular flexibility index (Phi) is 4.15. The monoisotopic (exact) mass is 281 g/mol. The molecular formula is C14H16ClNOS. The van der Waals surface area contributed by atoms with Crippen LogP contribution in [0.5, 0.6) is 5.75 Å². The van der Waals surface area contributed by atoms with Crippen molar-refractivity contribution in [1.82, 2.24) is 0 Å². The van der Waals surface area contributed by atoms with Gasteiger partial charge in [0.05, 0.1) is 23.9 Å². The lowest BCUT2D eigenvalue weighted by atomic mass is 10.2. The van der Waals surface area contributed by atoms with Gasteiger partial charge < -0.3 is 10.1 Å². The van der Waals surface area contributed by atoms with Crippen LogP contribution in [-0.4, -0.2) is 7.11 Å². The highest BCUT2D eigenvalue weighted by Gasteiger charge is 2.10. The Labute approximate surface area is 117 Å². The molecule has 0 saturated carbocycles. The molecule has 2 rings (SSSR count). The number of ether oxygens (including phenoxy) is 1. The Bertz CT molecular complexity index is 538. The van der Waals surface area contributed by atoms with Gasteiger partial charge in [0, 0.05) is 15.8 Å². The summed E-state index contributed by atoms with van der Waals surface area (Å²) in [6.45, 7) is 4.24. The van der Waals surface area contributed by atoms with Gasteiger partial charge in [-0.3, -0.25) is 0 Å². The van der Waals surface area contributed by atoms with Gasteiger partial charge in [-0.25, -0.2) is 0 Å². The number of halogens is 1. The van der Waals surface area contributed by atoms with Gasteiger partial charge in [-0.2, -0.15) is 0 Å². The van der Waals surface area contributed by atoms with Gasteiger partial charge in [-0.05, 0) is 38.1 Å². The first-order chi connectivity index (χ1) is 8.60. The minimum Gasteiger partial charge on any atom is -0.497 e. The molecule has 4 heteroatoms. The largest absolute Gasteiger partial charge is 0.497 e. The van der Waals surface area contributed by atoms with Gasteiger partial charge in [0.1, 0.15) is 5.75 Å². The van der Waals surface area contributed by atoms with Gasteiger partial charge in [0.2, 0.25) is 0 Å². The molecule has 1 N–H and O–H groups in total. The Balaban J connectivity index is 2.18. The van der Waals surface area contributed by atoms with E-state index in [1.54, 1.807) is 18.4 Å². The molecule has 1 aromatic heterocycles. The summed E-state index contributed by atoms with van der Waals surface area (Å²) in [5, 5.41) is 4.12. The zero-order chi connectivity index (χ0) is 13.1. The minimum absolute atomic E-state index is 0.230. The van der Waals surface area contributed by atoms with Crippen molar-refractivity contribution < 1.29 is 4.74 Å². The summed E-state index contributed by atoms with van der Waals surface area (Å²) in [5.74, 6) is 0.802. The molecule has 0 aliphatic heterocycles. The number of methoxy groups -OCH3 is 1. The zero-order valence-electron chi connectivity index (χ0n) is 10.7. The smallest absolute Gasteiger partial charge is 0.121 e. The molecule has 0 aliphatic carbocycles. The number of anilines is 1. The highest BCUT2D eigenvalue weighted by atomic mass is 35.5. The molecule has 1 unspecified atom stereocenters. The third-order valence-electron chi connectivity index (χ3n) is 2.73. The van der Waals surface area contributed by atoms with E-state index in [4.69, 9.17) is 16.3 Å². The SMILES string of the molecule is COc1ccc(Cl)c(NC(C)c2ccc(C)s2)c1. The van der Waals surface area contributed by atoms with E-state index < -0.39 is 0 Å². The van der Waals surface area contributed by atoms with Crippen LogP contribution in [0.15, 0.2) is 30.3 Å². The topological polar surface area (TPSA) is 21.3 Å². The molecule has 2 nitrogen and oxygen atoms in total. The second-order valence-corrected chi connectivity index (χ2v) is 5.89. The Morgan fingerprint density at radius 1 is 1.28 bits per heavy atom. The molecule has 1 aromatic carbocycles. The van der Waals surface area contributed by atoms with E-state index in [-0.39, 0.29) is 6.04 Å². The fraction of sp³-hybridized carbons (Fsp3) is 0.286. The van der Waals surface area contributed by atoms with Crippen LogP contribution >= 0.6 is 22.9 Å². The van der Waals surface area contributed by atoms with Crippen LogP contribution in [-0.2, 0) is 0 Å². The molecule has 2 aromatic rings. The summed E-state index contributed by atoms with van der Waals surface area (Å²) in [6.07, 6.45) is 0. The standard InChI is InChI=1S/C14H16ClNOS/c1-9-4-7-14(18-9)10(2)16-13-8-11(17-3)5-6-12(13)15/h4-8,10,16H,1-3H3. The molecule has 0 aliphatic rings. The van der Waals surface area contributed by atoms with E-state index in [1.807, 2.05) is 18.2 Å². The average Bonchev–Trinajstić information content (AvgIpc) is 2.79. The quantitative estimate of drug-likeness (QED) is 0.861. The number of hydrogen-bond donors (Lipinski definition) is 1. The van der Waals surface area contributed by atoms with Crippen molar-refractivity contribution in [3.8, 4) is 5.75 Å². The van der Waals surface area contributed by atoms with Crippen molar-refractivity contribution in [3.63, 3.8) is 0 Å². The van der Waals surface area contributed by atoms with Crippen LogP contribution < -0.4 is 10.1 Å². The van der Waals surface area contributed by atoms with Crippen molar-refractivity contribution in [2.24, 2.45) is 0 Å². The summed E-state index contributed by atoms with van der Waals surface area (Å²) in [6, 6.07) is 10.1. The van der Waals surface area contributed by atoms with Crippen LogP contribution in [0, 0.1) is 6.92 Å². The van der Waals surface area contributed by atoms with Crippen LogP contribution in [0.1, 0.15) is 22.7 Å². The van der Waals surface area contributed by atoms with Gasteiger partial charge in [-0.15, -0.1) is 11.3 Å². The summed E-state index contributed by atoms with van der Waals surface area (Å²) in [4.78, 5) is 2.61. The normalized spacial score (nSPS) is 12.2. The lowest BCUT2D eigenvalue weighted by Crippen LogP contribution is -2.05. The Morgan fingerprint density at radius 2 is 2.06 bits per heavy atom. The molecule has 0 amide bonds. The number of thiophene rings is 1. The first-order valence-electron chi connectivity index (χ1n) is 5.76. The van der Waals surface area contributed by atoms with Crippen molar-refractivity contribution in [3.05, 3.63) is 45.1 Å². The van der Waals surface area contributed by atoms with Crippen molar-refractivity contribution in [2.45, 2.75) is 19.9 Å². The predicted octanol–water partition coefficient (Wildman–Crippen LogP) is 4.89. The van der Waals surface area contributed by atoms with Crippen LogP contribution in [0.2, 0.25) is 5.02 Å². The molecular weight excluding hydrogens is 266 g/mol. The lowest BCUT2D eigenvalue weighted by Gasteiger charge is -2.15. The van der Waals surface area contributed by atoms with Gasteiger partial charge >= 0.3 is 0 Å². The Hall–Kier alpha value is -1.19. The maximum atomic E-state index is 6.18. The molecule has 96 valence electrons. The zero-order valence-corrected chi connectivity index (χ0v) is 12.2. The number of rotatable bonds is 4. The van der Waals surface area contributed by atoms with E-state index in [0.29, 0.717) is 5.02 Å². The molecule has 0 spiro atoms. The molecule has 1 heterocycles. The van der Waals surface area contributed by atoms with E-state index >= 15 is 0 Å². The minimum atomic E-state index is 0.230. The second-order valence-electron chi connectivity index (χ2n) is 4.16. The highest BCUT2D eigenvalue weighted by molar-refractivity contribution is 7.12.